The van der Waals surface area contributed by atoms with Gasteiger partial charge in [-0.2, -0.15) is 0 Å². The zero-order valence-corrected chi connectivity index (χ0v) is 15.2. The van der Waals surface area contributed by atoms with Crippen molar-refractivity contribution in [3.8, 4) is 11.5 Å². The molecule has 0 unspecified atom stereocenters. The number of aliphatic hydroxyl groups is 1. The lowest BCUT2D eigenvalue weighted by molar-refractivity contribution is -0.127. The molecule has 0 bridgehead atoms. The van der Waals surface area contributed by atoms with Gasteiger partial charge in [-0.25, -0.2) is 0 Å². The van der Waals surface area contributed by atoms with E-state index in [1.807, 2.05) is 0 Å². The van der Waals surface area contributed by atoms with Crippen LogP contribution >= 0.6 is 0 Å². The topological polar surface area (TPSA) is 66.8 Å². The van der Waals surface area contributed by atoms with Gasteiger partial charge in [0.2, 0.25) is 0 Å². The summed E-state index contributed by atoms with van der Waals surface area (Å²) in [4.78, 5) is 12.1. The molecule has 0 saturated carbocycles. The molecule has 24 heavy (non-hydrogen) atoms. The van der Waals surface area contributed by atoms with Gasteiger partial charge in [-0.15, -0.1) is 0 Å². The van der Waals surface area contributed by atoms with Gasteiger partial charge in [0.1, 0.15) is 6.10 Å². The first kappa shape index (κ1) is 20.2. The number of phenols is 1. The van der Waals surface area contributed by atoms with Gasteiger partial charge in [0.25, 0.3) is 0 Å². The molecule has 1 rings (SSSR count). The summed E-state index contributed by atoms with van der Waals surface area (Å²) >= 11 is 0. The number of Topliss-reactive ketones (excluding diaryl/α,β-unsaturated/α-hetero) is 1. The maximum atomic E-state index is 12.1. The minimum absolute atomic E-state index is 0.0484. The van der Waals surface area contributed by atoms with Crippen LogP contribution in [-0.2, 0) is 11.2 Å². The SMILES string of the molecule is COc1cc(C[C@@H](O)C(=O)CC[C@@H](C)CCC=C(C)C)ccc1O. The Labute approximate surface area is 145 Å². The normalized spacial score (nSPS) is 13.2. The Morgan fingerprint density at radius 3 is 2.62 bits per heavy atom. The summed E-state index contributed by atoms with van der Waals surface area (Å²) in [6, 6.07) is 4.85. The molecule has 134 valence electrons. The smallest absolute Gasteiger partial charge is 0.161 e. The van der Waals surface area contributed by atoms with Crippen LogP contribution in [0.25, 0.3) is 0 Å². The van der Waals surface area contributed by atoms with Gasteiger partial charge in [-0.3, -0.25) is 4.79 Å². The second-order valence-corrected chi connectivity index (χ2v) is 6.70. The molecule has 4 nitrogen and oxygen atoms in total. The van der Waals surface area contributed by atoms with E-state index in [-0.39, 0.29) is 18.0 Å². The second kappa shape index (κ2) is 10.1. The van der Waals surface area contributed by atoms with Crippen LogP contribution in [0, 0.1) is 5.92 Å². The van der Waals surface area contributed by atoms with E-state index in [0.717, 1.165) is 24.8 Å². The average molecular weight is 334 g/mol. The van der Waals surface area contributed by atoms with Gasteiger partial charge in [-0.05, 0) is 56.7 Å². The van der Waals surface area contributed by atoms with E-state index in [4.69, 9.17) is 4.74 Å². The van der Waals surface area contributed by atoms with E-state index >= 15 is 0 Å². The number of hydrogen-bond acceptors (Lipinski definition) is 4. The number of aromatic hydroxyl groups is 1. The largest absolute Gasteiger partial charge is 0.504 e. The van der Waals surface area contributed by atoms with E-state index in [9.17, 15) is 15.0 Å². The molecule has 0 radical (unpaired) electrons. The number of carbonyl (C=O) groups is 1. The Balaban J connectivity index is 2.43. The van der Waals surface area contributed by atoms with Crippen LogP contribution in [0.1, 0.15) is 52.0 Å². The molecule has 0 aliphatic carbocycles. The number of rotatable bonds is 10. The third-order valence-corrected chi connectivity index (χ3v) is 4.14. The lowest BCUT2D eigenvalue weighted by Gasteiger charge is -2.13. The minimum atomic E-state index is -1.01. The number of carbonyl (C=O) groups excluding carboxylic acids is 1. The average Bonchev–Trinajstić information content (AvgIpc) is 2.53. The third kappa shape index (κ3) is 7.18. The summed E-state index contributed by atoms with van der Waals surface area (Å²) < 4.78 is 5.04. The number of aliphatic hydroxyl groups excluding tert-OH is 1. The molecule has 4 heteroatoms. The Morgan fingerprint density at radius 1 is 1.29 bits per heavy atom. The van der Waals surface area contributed by atoms with Crippen molar-refractivity contribution in [3.05, 3.63) is 35.4 Å². The summed E-state index contributed by atoms with van der Waals surface area (Å²) in [5, 5.41) is 19.7. The predicted octanol–water partition coefficient (Wildman–Crippen LogP) is 4.04. The Bertz CT molecular complexity index is 559. The van der Waals surface area contributed by atoms with E-state index in [2.05, 4.69) is 26.8 Å². The Morgan fingerprint density at radius 2 is 2.00 bits per heavy atom. The van der Waals surface area contributed by atoms with Crippen LogP contribution in [0.5, 0.6) is 11.5 Å². The van der Waals surface area contributed by atoms with E-state index in [0.29, 0.717) is 18.1 Å². The Kier molecular flexibility index (Phi) is 8.55. The molecule has 0 aromatic heterocycles. The van der Waals surface area contributed by atoms with Crippen molar-refractivity contribution in [2.75, 3.05) is 7.11 Å². The molecule has 0 aliphatic rings. The highest BCUT2D eigenvalue weighted by atomic mass is 16.5. The molecule has 0 fully saturated rings. The van der Waals surface area contributed by atoms with Crippen molar-refractivity contribution in [1.29, 1.82) is 0 Å². The van der Waals surface area contributed by atoms with Crippen molar-refractivity contribution in [2.24, 2.45) is 5.92 Å². The van der Waals surface area contributed by atoms with Crippen LogP contribution in [0.3, 0.4) is 0 Å². The van der Waals surface area contributed by atoms with Crippen LogP contribution < -0.4 is 4.74 Å². The molecule has 0 amide bonds. The summed E-state index contributed by atoms with van der Waals surface area (Å²) in [7, 11) is 1.47. The molecule has 2 N–H and O–H groups in total. The molecule has 0 aliphatic heterocycles. The van der Waals surface area contributed by atoms with Gasteiger partial charge in [0, 0.05) is 12.8 Å². The third-order valence-electron chi connectivity index (χ3n) is 4.14. The first-order valence-electron chi connectivity index (χ1n) is 8.53. The number of methoxy groups -OCH3 is 1. The van der Waals surface area contributed by atoms with Crippen LogP contribution in [0.15, 0.2) is 29.8 Å². The highest BCUT2D eigenvalue weighted by Crippen LogP contribution is 2.27. The summed E-state index contributed by atoms with van der Waals surface area (Å²) in [5.41, 5.74) is 2.08. The molecule has 2 atom stereocenters. The monoisotopic (exact) mass is 334 g/mol. The fourth-order valence-corrected chi connectivity index (χ4v) is 2.54. The van der Waals surface area contributed by atoms with E-state index in [1.54, 1.807) is 12.1 Å². The van der Waals surface area contributed by atoms with E-state index in [1.165, 1.54) is 18.7 Å². The molecule has 1 aromatic carbocycles. The molecule has 0 spiro atoms. The highest BCUT2D eigenvalue weighted by Gasteiger charge is 2.17. The number of ether oxygens (including phenoxy) is 1. The maximum absolute atomic E-state index is 12.1. The molecule has 1 aromatic rings. The van der Waals surface area contributed by atoms with Gasteiger partial charge in [0.05, 0.1) is 7.11 Å². The number of hydrogen-bond donors (Lipinski definition) is 2. The summed E-state index contributed by atoms with van der Waals surface area (Å²) in [6.07, 6.45) is 4.73. The first-order chi connectivity index (χ1) is 11.3. The number of phenolic OH excluding ortho intramolecular Hbond substituents is 1. The fourth-order valence-electron chi connectivity index (χ4n) is 2.54. The quantitative estimate of drug-likeness (QED) is 0.634. The van der Waals surface area contributed by atoms with Crippen molar-refractivity contribution in [1.82, 2.24) is 0 Å². The van der Waals surface area contributed by atoms with E-state index < -0.39 is 6.10 Å². The molecule has 0 heterocycles. The number of ketones is 1. The van der Waals surface area contributed by atoms with Crippen LogP contribution in [0.4, 0.5) is 0 Å². The standard InChI is InChI=1S/C20H30O4/c1-14(2)6-5-7-15(3)8-10-17(21)19(23)12-16-9-11-18(22)20(13-16)24-4/h6,9,11,13,15,19,22-23H,5,7-8,10,12H2,1-4H3/t15-,19+/m0/s1. The van der Waals surface area contributed by atoms with Gasteiger partial charge < -0.3 is 14.9 Å². The fraction of sp³-hybridized carbons (Fsp3) is 0.550. The van der Waals surface area contributed by atoms with Crippen molar-refractivity contribution in [3.63, 3.8) is 0 Å². The van der Waals surface area contributed by atoms with Gasteiger partial charge >= 0.3 is 0 Å². The summed E-state index contributed by atoms with van der Waals surface area (Å²) in [5.74, 6) is 0.730. The minimum Gasteiger partial charge on any atom is -0.504 e. The molecule has 0 saturated heterocycles. The zero-order chi connectivity index (χ0) is 18.1. The van der Waals surface area contributed by atoms with Crippen molar-refractivity contribution in [2.45, 2.75) is 59.0 Å². The van der Waals surface area contributed by atoms with Gasteiger partial charge in [0.15, 0.2) is 17.3 Å². The molecular weight excluding hydrogens is 304 g/mol. The number of allylic oxidation sites excluding steroid dienone is 2. The van der Waals surface area contributed by atoms with Crippen LogP contribution in [0.2, 0.25) is 0 Å². The maximum Gasteiger partial charge on any atom is 0.161 e. The van der Waals surface area contributed by atoms with Crippen molar-refractivity contribution < 1.29 is 19.7 Å². The van der Waals surface area contributed by atoms with Crippen molar-refractivity contribution >= 4 is 5.78 Å². The van der Waals surface area contributed by atoms with Gasteiger partial charge in [-0.1, -0.05) is 24.6 Å². The predicted molar refractivity (Wildman–Crippen MR) is 96.4 cm³/mol. The zero-order valence-electron chi connectivity index (χ0n) is 15.2. The lowest BCUT2D eigenvalue weighted by atomic mass is 9.95. The van der Waals surface area contributed by atoms with Crippen LogP contribution in [-0.4, -0.2) is 29.2 Å². The second-order valence-electron chi connectivity index (χ2n) is 6.70. The summed E-state index contributed by atoms with van der Waals surface area (Å²) in [6.45, 7) is 6.31. The Hall–Kier alpha value is -1.81. The lowest BCUT2D eigenvalue weighted by Crippen LogP contribution is -2.23. The first-order valence-corrected chi connectivity index (χ1v) is 8.53. The highest BCUT2D eigenvalue weighted by molar-refractivity contribution is 5.83. The number of benzene rings is 1. The molecular formula is C20H30O4.